The first-order chi connectivity index (χ1) is 8.97. The molecule has 104 valence electrons. The van der Waals surface area contributed by atoms with Crippen LogP contribution in [-0.2, 0) is 4.79 Å². The highest BCUT2D eigenvalue weighted by Gasteiger charge is 2.29. The Bertz CT molecular complexity index is 482. The van der Waals surface area contributed by atoms with Crippen molar-refractivity contribution in [2.45, 2.75) is 31.5 Å². The fraction of sp³-hybridized carbons (Fsp3) is 0.462. The van der Waals surface area contributed by atoms with E-state index in [9.17, 15) is 18.7 Å². The number of carbonyl (C=O) groups excluding carboxylic acids is 1. The molecule has 0 aliphatic carbocycles. The Balaban J connectivity index is 2.02. The van der Waals surface area contributed by atoms with Gasteiger partial charge in [-0.1, -0.05) is 0 Å². The Morgan fingerprint density at radius 3 is 2.89 bits per heavy atom. The number of β-amino-alcohol motifs (C(OH)–C–C–N with tert-alkyl or cyclic N) is 1. The Labute approximate surface area is 109 Å². The van der Waals surface area contributed by atoms with Gasteiger partial charge in [-0.15, -0.1) is 0 Å². The first-order valence-corrected chi connectivity index (χ1v) is 6.14. The van der Waals surface area contributed by atoms with Crippen molar-refractivity contribution >= 4 is 5.91 Å². The summed E-state index contributed by atoms with van der Waals surface area (Å²) in [6.07, 6.45) is -0.221. The number of benzene rings is 1. The maximum absolute atomic E-state index is 13.5. The molecule has 1 aliphatic rings. The van der Waals surface area contributed by atoms with E-state index < -0.39 is 29.8 Å². The fourth-order valence-electron chi connectivity index (χ4n) is 2.15. The van der Waals surface area contributed by atoms with Crippen LogP contribution in [0.4, 0.5) is 8.78 Å². The third-order valence-corrected chi connectivity index (χ3v) is 3.21. The van der Waals surface area contributed by atoms with Crippen molar-refractivity contribution in [1.29, 1.82) is 0 Å². The SMILES string of the molecule is CC(NC(=O)C1CC(O)CN1)c1cc(F)ccc1F. The van der Waals surface area contributed by atoms with Gasteiger partial charge in [0.05, 0.1) is 18.2 Å². The minimum absolute atomic E-state index is 0.104. The predicted molar refractivity (Wildman–Crippen MR) is 65.3 cm³/mol. The van der Waals surface area contributed by atoms with Crippen LogP contribution in [0.25, 0.3) is 0 Å². The average Bonchev–Trinajstić information content (AvgIpc) is 2.79. The molecule has 3 N–H and O–H groups in total. The number of hydrogen-bond donors (Lipinski definition) is 3. The minimum atomic E-state index is -0.636. The zero-order valence-electron chi connectivity index (χ0n) is 10.5. The van der Waals surface area contributed by atoms with Crippen LogP contribution < -0.4 is 10.6 Å². The van der Waals surface area contributed by atoms with Crippen molar-refractivity contribution in [3.05, 3.63) is 35.4 Å². The molecule has 1 aromatic carbocycles. The molecule has 1 saturated heterocycles. The Morgan fingerprint density at radius 1 is 1.53 bits per heavy atom. The summed E-state index contributed by atoms with van der Waals surface area (Å²) in [5, 5.41) is 14.8. The van der Waals surface area contributed by atoms with Crippen LogP contribution >= 0.6 is 0 Å². The minimum Gasteiger partial charge on any atom is -0.392 e. The van der Waals surface area contributed by atoms with E-state index in [4.69, 9.17) is 0 Å². The summed E-state index contributed by atoms with van der Waals surface area (Å²) in [6.45, 7) is 1.95. The molecule has 0 radical (unpaired) electrons. The molecule has 3 atom stereocenters. The van der Waals surface area contributed by atoms with Crippen LogP contribution in [0.5, 0.6) is 0 Å². The molecule has 2 rings (SSSR count). The van der Waals surface area contributed by atoms with Crippen molar-refractivity contribution in [3.63, 3.8) is 0 Å². The van der Waals surface area contributed by atoms with Crippen LogP contribution in [0.15, 0.2) is 18.2 Å². The molecule has 0 bridgehead atoms. The van der Waals surface area contributed by atoms with Crippen LogP contribution in [0.2, 0.25) is 0 Å². The second kappa shape index (κ2) is 5.63. The lowest BCUT2D eigenvalue weighted by molar-refractivity contribution is -0.123. The van der Waals surface area contributed by atoms with Gasteiger partial charge in [0.25, 0.3) is 0 Å². The molecule has 0 saturated carbocycles. The van der Waals surface area contributed by atoms with Crippen LogP contribution in [0.1, 0.15) is 24.9 Å². The summed E-state index contributed by atoms with van der Waals surface area (Å²) in [5.41, 5.74) is 0.104. The topological polar surface area (TPSA) is 61.4 Å². The quantitative estimate of drug-likeness (QED) is 0.763. The highest BCUT2D eigenvalue weighted by atomic mass is 19.1. The first-order valence-electron chi connectivity index (χ1n) is 6.14. The lowest BCUT2D eigenvalue weighted by Gasteiger charge is -2.18. The number of halogens is 2. The van der Waals surface area contributed by atoms with E-state index in [2.05, 4.69) is 10.6 Å². The molecule has 4 nitrogen and oxygen atoms in total. The molecule has 1 aliphatic heterocycles. The Hall–Kier alpha value is -1.53. The van der Waals surface area contributed by atoms with E-state index in [1.807, 2.05) is 0 Å². The van der Waals surface area contributed by atoms with Gasteiger partial charge in [0, 0.05) is 12.1 Å². The summed E-state index contributed by atoms with van der Waals surface area (Å²) in [7, 11) is 0. The fourth-order valence-corrected chi connectivity index (χ4v) is 2.15. The highest BCUT2D eigenvalue weighted by Crippen LogP contribution is 2.18. The Kier molecular flexibility index (Phi) is 4.11. The number of nitrogens with one attached hydrogen (secondary N) is 2. The van der Waals surface area contributed by atoms with Gasteiger partial charge in [0.2, 0.25) is 5.91 Å². The van der Waals surface area contributed by atoms with E-state index in [1.54, 1.807) is 6.92 Å². The van der Waals surface area contributed by atoms with E-state index in [0.717, 1.165) is 18.2 Å². The molecular formula is C13H16F2N2O2. The van der Waals surface area contributed by atoms with Gasteiger partial charge in [0.15, 0.2) is 0 Å². The molecule has 1 fully saturated rings. The maximum Gasteiger partial charge on any atom is 0.237 e. The number of carbonyl (C=O) groups is 1. The standard InChI is InChI=1S/C13H16F2N2O2/c1-7(10-4-8(14)2-3-11(10)15)17-13(19)12-5-9(18)6-16-12/h2-4,7,9,12,16,18H,5-6H2,1H3,(H,17,19). The zero-order valence-corrected chi connectivity index (χ0v) is 10.5. The number of aliphatic hydroxyl groups excluding tert-OH is 1. The third-order valence-electron chi connectivity index (χ3n) is 3.21. The van der Waals surface area contributed by atoms with E-state index in [-0.39, 0.29) is 11.5 Å². The van der Waals surface area contributed by atoms with Gasteiger partial charge in [-0.3, -0.25) is 4.79 Å². The van der Waals surface area contributed by atoms with Gasteiger partial charge >= 0.3 is 0 Å². The molecule has 1 amide bonds. The molecule has 1 heterocycles. The van der Waals surface area contributed by atoms with E-state index in [0.29, 0.717) is 13.0 Å². The van der Waals surface area contributed by atoms with E-state index >= 15 is 0 Å². The molecule has 1 aromatic rings. The maximum atomic E-state index is 13.5. The van der Waals surface area contributed by atoms with Crippen molar-refractivity contribution in [3.8, 4) is 0 Å². The second-order valence-electron chi connectivity index (χ2n) is 4.75. The number of rotatable bonds is 3. The lowest BCUT2D eigenvalue weighted by atomic mass is 10.1. The largest absolute Gasteiger partial charge is 0.392 e. The molecule has 0 spiro atoms. The van der Waals surface area contributed by atoms with Gasteiger partial charge in [-0.25, -0.2) is 8.78 Å². The zero-order chi connectivity index (χ0) is 14.0. The van der Waals surface area contributed by atoms with E-state index in [1.165, 1.54) is 0 Å². The summed E-state index contributed by atoms with van der Waals surface area (Å²) < 4.78 is 26.6. The molecular weight excluding hydrogens is 254 g/mol. The smallest absolute Gasteiger partial charge is 0.237 e. The van der Waals surface area contributed by atoms with Gasteiger partial charge in [0.1, 0.15) is 11.6 Å². The summed E-state index contributed by atoms with van der Waals surface area (Å²) in [4.78, 5) is 11.9. The molecule has 6 heteroatoms. The van der Waals surface area contributed by atoms with Crippen molar-refractivity contribution < 1.29 is 18.7 Å². The summed E-state index contributed by atoms with van der Waals surface area (Å²) >= 11 is 0. The van der Waals surface area contributed by atoms with Gasteiger partial charge in [-0.05, 0) is 31.5 Å². The van der Waals surface area contributed by atoms with Crippen molar-refractivity contribution in [2.75, 3.05) is 6.54 Å². The molecule has 3 unspecified atom stereocenters. The lowest BCUT2D eigenvalue weighted by Crippen LogP contribution is -2.41. The monoisotopic (exact) mass is 270 g/mol. The molecule has 0 aromatic heterocycles. The van der Waals surface area contributed by atoms with Crippen LogP contribution in [-0.4, -0.2) is 29.7 Å². The normalized spacial score (nSPS) is 24.2. The Morgan fingerprint density at radius 2 is 2.26 bits per heavy atom. The molecule has 19 heavy (non-hydrogen) atoms. The van der Waals surface area contributed by atoms with Gasteiger partial charge < -0.3 is 15.7 Å². The van der Waals surface area contributed by atoms with Crippen LogP contribution in [0, 0.1) is 11.6 Å². The third kappa shape index (κ3) is 3.27. The average molecular weight is 270 g/mol. The predicted octanol–water partition coefficient (Wildman–Crippen LogP) is 0.865. The van der Waals surface area contributed by atoms with Crippen molar-refractivity contribution in [1.82, 2.24) is 10.6 Å². The summed E-state index contributed by atoms with van der Waals surface area (Å²) in [5.74, 6) is -1.44. The number of aliphatic hydroxyl groups is 1. The van der Waals surface area contributed by atoms with Crippen molar-refractivity contribution in [2.24, 2.45) is 0 Å². The number of amides is 1. The number of hydrogen-bond acceptors (Lipinski definition) is 3. The van der Waals surface area contributed by atoms with Gasteiger partial charge in [-0.2, -0.15) is 0 Å². The summed E-state index contributed by atoms with van der Waals surface area (Å²) in [6, 6.07) is 2.00. The second-order valence-corrected chi connectivity index (χ2v) is 4.75. The highest BCUT2D eigenvalue weighted by molar-refractivity contribution is 5.82. The first kappa shape index (κ1) is 13.9. The van der Waals surface area contributed by atoms with Crippen LogP contribution in [0.3, 0.4) is 0 Å².